The first-order chi connectivity index (χ1) is 13.0. The molecule has 142 valence electrons. The second kappa shape index (κ2) is 8.06. The molecular formula is C20H22ClFN4O. The van der Waals surface area contributed by atoms with Gasteiger partial charge in [0.1, 0.15) is 17.9 Å². The predicted octanol–water partition coefficient (Wildman–Crippen LogP) is 4.89. The number of fused-ring (bicyclic) bond motifs is 1. The van der Waals surface area contributed by atoms with Crippen molar-refractivity contribution in [2.45, 2.75) is 26.7 Å². The van der Waals surface area contributed by atoms with Crippen molar-refractivity contribution < 1.29 is 9.50 Å². The molecule has 0 amide bonds. The Morgan fingerprint density at radius 1 is 1.22 bits per heavy atom. The van der Waals surface area contributed by atoms with Gasteiger partial charge in [0.2, 0.25) is 0 Å². The molecule has 0 unspecified atom stereocenters. The van der Waals surface area contributed by atoms with E-state index in [1.807, 2.05) is 19.9 Å². The zero-order chi connectivity index (χ0) is 19.6. The van der Waals surface area contributed by atoms with Crippen molar-refractivity contribution in [2.24, 2.45) is 0 Å². The molecule has 0 saturated carbocycles. The highest BCUT2D eigenvalue weighted by Gasteiger charge is 2.23. The van der Waals surface area contributed by atoms with Crippen molar-refractivity contribution in [1.29, 1.82) is 0 Å². The molecule has 5 nitrogen and oxygen atoms in total. The third-order valence-electron chi connectivity index (χ3n) is 4.53. The number of phenolic OH excluding ortho intramolecular Hbond substituents is 1. The summed E-state index contributed by atoms with van der Waals surface area (Å²) >= 11 is 5.99. The number of hydrogen-bond donors (Lipinski definition) is 3. The first-order valence-electron chi connectivity index (χ1n) is 8.94. The van der Waals surface area contributed by atoms with Crippen LogP contribution >= 0.6 is 11.6 Å². The van der Waals surface area contributed by atoms with Crippen LogP contribution in [0.5, 0.6) is 5.75 Å². The molecule has 2 aromatic carbocycles. The Kier molecular flexibility index (Phi) is 5.77. The van der Waals surface area contributed by atoms with Crippen LogP contribution in [0.4, 0.5) is 15.9 Å². The molecule has 1 fully saturated rings. The standard InChI is InChI=1S/C18H16ClFN4O.C2H6/c1-9-2-3-13(17(20)16(9)19)24-18-12-4-11(10-6-21-7-10)15(25)5-14(12)22-8-23-18;1-2/h2-5,8,10,21,25H,6-7H2,1H3,(H,22,23,24);1-2H3. The molecule has 2 heterocycles. The molecule has 3 aromatic rings. The Hall–Kier alpha value is -2.44. The van der Waals surface area contributed by atoms with Gasteiger partial charge in [0.15, 0.2) is 5.82 Å². The summed E-state index contributed by atoms with van der Waals surface area (Å²) in [5, 5.41) is 17.2. The van der Waals surface area contributed by atoms with Crippen molar-refractivity contribution in [3.8, 4) is 5.75 Å². The van der Waals surface area contributed by atoms with E-state index in [1.165, 1.54) is 6.33 Å². The van der Waals surface area contributed by atoms with Gasteiger partial charge in [0.05, 0.1) is 16.2 Å². The van der Waals surface area contributed by atoms with Crippen LogP contribution < -0.4 is 10.6 Å². The van der Waals surface area contributed by atoms with Crippen LogP contribution in [0.25, 0.3) is 10.9 Å². The Morgan fingerprint density at radius 2 is 1.96 bits per heavy atom. The summed E-state index contributed by atoms with van der Waals surface area (Å²) in [6.07, 6.45) is 1.38. The van der Waals surface area contributed by atoms with Gasteiger partial charge in [-0.1, -0.05) is 31.5 Å². The van der Waals surface area contributed by atoms with Crippen LogP contribution in [0.3, 0.4) is 0 Å². The van der Waals surface area contributed by atoms with Gasteiger partial charge in [-0.25, -0.2) is 14.4 Å². The molecule has 1 aromatic heterocycles. The Labute approximate surface area is 162 Å². The molecule has 0 aliphatic carbocycles. The Morgan fingerprint density at radius 3 is 2.63 bits per heavy atom. The number of aromatic hydroxyl groups is 1. The van der Waals surface area contributed by atoms with Crippen molar-refractivity contribution in [2.75, 3.05) is 18.4 Å². The zero-order valence-electron chi connectivity index (χ0n) is 15.5. The number of nitrogens with zero attached hydrogens (tertiary/aromatic N) is 2. The minimum absolute atomic E-state index is 0.0854. The van der Waals surface area contributed by atoms with E-state index >= 15 is 0 Å². The van der Waals surface area contributed by atoms with Crippen LogP contribution in [-0.4, -0.2) is 28.2 Å². The third kappa shape index (κ3) is 3.68. The number of hydrogen-bond acceptors (Lipinski definition) is 5. The van der Waals surface area contributed by atoms with Gasteiger partial charge in [-0.15, -0.1) is 0 Å². The minimum atomic E-state index is -0.518. The number of rotatable bonds is 3. The zero-order valence-corrected chi connectivity index (χ0v) is 16.2. The number of benzene rings is 2. The number of anilines is 2. The van der Waals surface area contributed by atoms with E-state index < -0.39 is 5.82 Å². The lowest BCUT2D eigenvalue weighted by Gasteiger charge is -2.28. The molecule has 0 atom stereocenters. The van der Waals surface area contributed by atoms with E-state index in [4.69, 9.17) is 11.6 Å². The average Bonchev–Trinajstić information content (AvgIpc) is 2.63. The van der Waals surface area contributed by atoms with Crippen molar-refractivity contribution in [1.82, 2.24) is 15.3 Å². The molecule has 0 bridgehead atoms. The van der Waals surface area contributed by atoms with Crippen molar-refractivity contribution in [3.05, 3.63) is 52.6 Å². The van der Waals surface area contributed by atoms with Gasteiger partial charge in [0.25, 0.3) is 0 Å². The first kappa shape index (κ1) is 19.3. The first-order valence-corrected chi connectivity index (χ1v) is 9.32. The number of aryl methyl sites for hydroxylation is 1. The van der Waals surface area contributed by atoms with Crippen LogP contribution in [-0.2, 0) is 0 Å². The van der Waals surface area contributed by atoms with Gasteiger partial charge >= 0.3 is 0 Å². The summed E-state index contributed by atoms with van der Waals surface area (Å²) in [4.78, 5) is 8.44. The van der Waals surface area contributed by atoms with Crippen molar-refractivity contribution in [3.63, 3.8) is 0 Å². The summed E-state index contributed by atoms with van der Waals surface area (Å²) < 4.78 is 14.4. The van der Waals surface area contributed by atoms with E-state index in [0.29, 0.717) is 16.9 Å². The third-order valence-corrected chi connectivity index (χ3v) is 5.00. The normalized spacial score (nSPS) is 13.7. The smallest absolute Gasteiger partial charge is 0.165 e. The lowest BCUT2D eigenvalue weighted by Crippen LogP contribution is -2.39. The maximum absolute atomic E-state index is 14.4. The van der Waals surface area contributed by atoms with E-state index in [0.717, 1.165) is 24.0 Å². The number of phenols is 1. The van der Waals surface area contributed by atoms with Crippen LogP contribution in [0.1, 0.15) is 30.9 Å². The van der Waals surface area contributed by atoms with E-state index in [9.17, 15) is 9.50 Å². The largest absolute Gasteiger partial charge is 0.508 e. The lowest BCUT2D eigenvalue weighted by molar-refractivity contribution is 0.414. The quantitative estimate of drug-likeness (QED) is 0.595. The summed E-state index contributed by atoms with van der Waals surface area (Å²) in [6.45, 7) is 7.38. The highest BCUT2D eigenvalue weighted by Crippen LogP contribution is 2.35. The molecule has 0 radical (unpaired) electrons. The number of nitrogens with one attached hydrogen (secondary N) is 2. The molecule has 1 saturated heterocycles. The molecule has 3 N–H and O–H groups in total. The highest BCUT2D eigenvalue weighted by molar-refractivity contribution is 6.31. The fourth-order valence-corrected chi connectivity index (χ4v) is 3.08. The molecule has 1 aliphatic rings. The molecule has 7 heteroatoms. The van der Waals surface area contributed by atoms with E-state index in [2.05, 4.69) is 20.6 Å². The van der Waals surface area contributed by atoms with Gasteiger partial charge in [0, 0.05) is 36.0 Å². The fourth-order valence-electron chi connectivity index (χ4n) is 2.91. The summed E-state index contributed by atoms with van der Waals surface area (Å²) in [7, 11) is 0. The number of aromatic nitrogens is 2. The topological polar surface area (TPSA) is 70.1 Å². The fraction of sp³-hybridized carbons (Fsp3) is 0.300. The monoisotopic (exact) mass is 388 g/mol. The van der Waals surface area contributed by atoms with Crippen LogP contribution in [0, 0.1) is 12.7 Å². The molecule has 4 rings (SSSR count). The van der Waals surface area contributed by atoms with Crippen LogP contribution in [0.2, 0.25) is 5.02 Å². The Balaban J connectivity index is 0.00000102. The summed E-state index contributed by atoms with van der Waals surface area (Å²) in [6, 6.07) is 6.86. The predicted molar refractivity (Wildman–Crippen MR) is 108 cm³/mol. The van der Waals surface area contributed by atoms with Gasteiger partial charge < -0.3 is 15.7 Å². The lowest BCUT2D eigenvalue weighted by atomic mass is 9.92. The SMILES string of the molecule is CC.Cc1ccc(Nc2ncnc3cc(O)c(C4CNC4)cc23)c(F)c1Cl. The maximum atomic E-state index is 14.4. The second-order valence-electron chi connectivity index (χ2n) is 6.19. The molecular weight excluding hydrogens is 367 g/mol. The summed E-state index contributed by atoms with van der Waals surface area (Å²) in [5.41, 5.74) is 2.34. The minimum Gasteiger partial charge on any atom is -0.508 e. The highest BCUT2D eigenvalue weighted by atomic mass is 35.5. The average molecular weight is 389 g/mol. The molecule has 1 aliphatic heterocycles. The van der Waals surface area contributed by atoms with Gasteiger partial charge in [-0.3, -0.25) is 0 Å². The van der Waals surface area contributed by atoms with Crippen LogP contribution in [0.15, 0.2) is 30.6 Å². The Bertz CT molecular complexity index is 976. The number of halogens is 2. The van der Waals surface area contributed by atoms with Crippen molar-refractivity contribution >= 4 is 34.0 Å². The van der Waals surface area contributed by atoms with Gasteiger partial charge in [-0.05, 0) is 24.6 Å². The molecule has 27 heavy (non-hydrogen) atoms. The second-order valence-corrected chi connectivity index (χ2v) is 6.57. The summed E-state index contributed by atoms with van der Waals surface area (Å²) in [5.74, 6) is 0.421. The van der Waals surface area contributed by atoms with E-state index in [-0.39, 0.29) is 22.4 Å². The molecule has 0 spiro atoms. The maximum Gasteiger partial charge on any atom is 0.165 e. The van der Waals surface area contributed by atoms with Gasteiger partial charge in [-0.2, -0.15) is 0 Å². The van der Waals surface area contributed by atoms with E-state index in [1.54, 1.807) is 25.1 Å².